The predicted octanol–water partition coefficient (Wildman–Crippen LogP) is 3.99. The molecule has 0 saturated carbocycles. The molecule has 0 spiro atoms. The van der Waals surface area contributed by atoms with Gasteiger partial charge in [-0.3, -0.25) is 47.9 Å². The summed E-state index contributed by atoms with van der Waals surface area (Å²) in [6.07, 6.45) is 17.8. The number of rotatable bonds is 29. The van der Waals surface area contributed by atoms with E-state index in [2.05, 4.69) is 68.1 Å². The summed E-state index contributed by atoms with van der Waals surface area (Å²) in [6.45, 7) is 0.832. The first-order valence-corrected chi connectivity index (χ1v) is 30.7. The van der Waals surface area contributed by atoms with E-state index in [0.29, 0.717) is 35.8 Å². The molecule has 0 aliphatic carbocycles. The number of benzene rings is 1. The number of unbranched alkanes of at least 4 members (excludes halogenated alkanes) is 4. The molecule has 8 aromatic heterocycles. The van der Waals surface area contributed by atoms with Gasteiger partial charge in [0, 0.05) is 137 Å². The van der Waals surface area contributed by atoms with Gasteiger partial charge in [-0.25, -0.2) is 19.7 Å². The second-order valence-corrected chi connectivity index (χ2v) is 23.1. The van der Waals surface area contributed by atoms with Crippen LogP contribution < -0.4 is 58.9 Å². The molecule has 98 heavy (non-hydrogen) atoms. The number of nitrogens with one attached hydrogen (secondary N) is 10. The van der Waals surface area contributed by atoms with Crippen LogP contribution in [0.1, 0.15) is 144 Å². The van der Waals surface area contributed by atoms with E-state index in [4.69, 9.17) is 10.8 Å². The molecule has 34 nitrogen and oxygen atoms in total. The number of nitrogens with two attached hydrogens (primary N) is 1. The van der Waals surface area contributed by atoms with Crippen LogP contribution in [0, 0.1) is 0 Å². The molecule has 1 aromatic carbocycles. The first kappa shape index (κ1) is 69.7. The van der Waals surface area contributed by atoms with Gasteiger partial charge in [0.25, 0.3) is 53.2 Å². The average molecular weight is 1340 g/mol. The third kappa shape index (κ3) is 17.2. The van der Waals surface area contributed by atoms with Gasteiger partial charge in [0.1, 0.15) is 28.5 Å². The second kappa shape index (κ2) is 30.6. The minimum atomic E-state index is -1.10. The van der Waals surface area contributed by atoms with Gasteiger partial charge in [-0.05, 0) is 67.8 Å². The Bertz CT molecular complexity index is 4560. The lowest BCUT2D eigenvalue weighted by Crippen LogP contribution is -2.39. The van der Waals surface area contributed by atoms with Gasteiger partial charge in [0.15, 0.2) is 17.5 Å². The van der Waals surface area contributed by atoms with E-state index in [9.17, 15) is 52.7 Å². The molecule has 0 unspecified atom stereocenters. The van der Waals surface area contributed by atoms with Gasteiger partial charge in [0.2, 0.25) is 17.6 Å². The molecule has 9 aromatic rings. The number of aromatic nitrogens is 11. The van der Waals surface area contributed by atoms with Crippen molar-refractivity contribution >= 4 is 105 Å². The summed E-state index contributed by atoms with van der Waals surface area (Å²) in [5, 5.41) is 36.5. The molecule has 0 aliphatic rings. The van der Waals surface area contributed by atoms with Crippen molar-refractivity contribution < 1.29 is 57.8 Å². The Balaban J connectivity index is 0.671. The molecule has 8 heterocycles. The maximum Gasteiger partial charge on any atom is 0.335 e. The standard InChI is InChI=1S/C64H74N22O12/c1-79-22-21-66-51(79)62(95)73-41-27-45(81(3)32-41)58(91)72-40-26-48(84(6)31-40)60(93)77-49-34-85(7)52(75-49)61(94)69-20-17-43(65)55(88)70-38-25-47(83(5)29-38)59(92)78-50-35-86(8)53(76-50)63(96)74-42-28-46(82(4)33-42)57(90)71-39-24-44(80(2)30-39)56(89)68-19-13-11-9-10-12-18-67-54(87)36-15-14-16-37(23-36)64(97)98/h14-16,21-35,43H,9-13,17-20,65H2,1-8H3,(H,67,87)(H,68,89)(H,69,94)(H,70,88)(H,71,90)(H,72,91)(H,73,95)(H,74,96)(H,77,93)(H,78,92)(H,97,98)/t43-/m1/s1. The van der Waals surface area contributed by atoms with Crippen molar-refractivity contribution in [2.75, 3.05) is 56.9 Å². The molecule has 34 heteroatoms. The van der Waals surface area contributed by atoms with E-state index >= 15 is 0 Å². The van der Waals surface area contributed by atoms with Crippen LogP contribution in [0.25, 0.3) is 0 Å². The highest BCUT2D eigenvalue weighted by atomic mass is 16.4. The van der Waals surface area contributed by atoms with Crippen molar-refractivity contribution in [3.8, 4) is 0 Å². The van der Waals surface area contributed by atoms with Crippen molar-refractivity contribution in [2.24, 2.45) is 62.1 Å². The Morgan fingerprint density at radius 3 is 1.22 bits per heavy atom. The van der Waals surface area contributed by atoms with E-state index in [-0.39, 0.29) is 99.2 Å². The summed E-state index contributed by atoms with van der Waals surface area (Å²) < 4.78 is 12.0. The molecule has 512 valence electrons. The van der Waals surface area contributed by atoms with Crippen molar-refractivity contribution in [1.29, 1.82) is 0 Å². The Hall–Kier alpha value is -12.6. The van der Waals surface area contributed by atoms with Gasteiger partial charge in [-0.2, -0.15) is 0 Å². The molecule has 9 rings (SSSR count). The molecule has 13 N–H and O–H groups in total. The third-order valence-corrected chi connectivity index (χ3v) is 15.5. The molecule has 0 aliphatic heterocycles. The molecule has 0 saturated heterocycles. The van der Waals surface area contributed by atoms with Crippen LogP contribution in [0.2, 0.25) is 0 Å². The first-order valence-electron chi connectivity index (χ1n) is 30.7. The zero-order valence-electron chi connectivity index (χ0n) is 54.8. The van der Waals surface area contributed by atoms with Gasteiger partial charge in [0.05, 0.1) is 40.0 Å². The molecule has 0 radical (unpaired) electrons. The van der Waals surface area contributed by atoms with Crippen LogP contribution in [0.15, 0.2) is 110 Å². The smallest absolute Gasteiger partial charge is 0.335 e. The van der Waals surface area contributed by atoms with Crippen LogP contribution in [-0.2, 0) is 61.2 Å². The summed E-state index contributed by atoms with van der Waals surface area (Å²) in [6, 6.07) is 12.1. The number of carboxylic acid groups (broad SMARTS) is 1. The van der Waals surface area contributed by atoms with Crippen molar-refractivity contribution in [2.45, 2.75) is 44.6 Å². The van der Waals surface area contributed by atoms with Crippen molar-refractivity contribution in [3.05, 3.63) is 167 Å². The van der Waals surface area contributed by atoms with Gasteiger partial charge >= 0.3 is 5.97 Å². The van der Waals surface area contributed by atoms with Gasteiger partial charge < -0.3 is 101 Å². The Morgan fingerprint density at radius 1 is 0.398 bits per heavy atom. The minimum Gasteiger partial charge on any atom is -0.478 e. The highest BCUT2D eigenvalue weighted by Crippen LogP contribution is 2.23. The Morgan fingerprint density at radius 2 is 0.776 bits per heavy atom. The third-order valence-electron chi connectivity index (χ3n) is 15.5. The number of amides is 10. The molecule has 0 fully saturated rings. The van der Waals surface area contributed by atoms with Crippen LogP contribution in [0.3, 0.4) is 0 Å². The summed E-state index contributed by atoms with van der Waals surface area (Å²) in [5.41, 5.74) is 9.07. The molecule has 1 atom stereocenters. The first-order chi connectivity index (χ1) is 46.7. The number of hydrogen-bond donors (Lipinski definition) is 12. The number of aryl methyl sites for hydroxylation is 8. The van der Waals surface area contributed by atoms with E-state index in [0.717, 1.165) is 32.1 Å². The Labute approximate surface area is 559 Å². The maximum atomic E-state index is 13.5. The summed E-state index contributed by atoms with van der Waals surface area (Å²) in [5.74, 6) is -6.20. The van der Waals surface area contributed by atoms with E-state index in [1.807, 2.05) is 0 Å². The number of carbonyl (C=O) groups is 11. The normalized spacial score (nSPS) is 11.3. The predicted molar refractivity (Wildman–Crippen MR) is 359 cm³/mol. The largest absolute Gasteiger partial charge is 0.478 e. The summed E-state index contributed by atoms with van der Waals surface area (Å²) >= 11 is 0. The van der Waals surface area contributed by atoms with Crippen LogP contribution in [0.4, 0.5) is 40.1 Å². The maximum absolute atomic E-state index is 13.5. The lowest BCUT2D eigenvalue weighted by atomic mass is 10.1. The Kier molecular flexibility index (Phi) is 21.8. The SMILES string of the molecule is Cn1cc(NC(=O)c2cc(NC(=O)c3nc(NC(=O)c4cc(NC(=O)[C@H](N)CCNC(=O)c5nc(NC(=O)c6cc(NC(=O)c7cc(NC(=O)c8nccn8C)cn7C)cn6C)cn5C)cn4C)cn3C)cn2C)cc1C(=O)NCCCCCCCNC(=O)c1cccc(C(=O)O)c1. The second-order valence-electron chi connectivity index (χ2n) is 23.1. The average Bonchev–Trinajstić information content (AvgIpc) is 1.68. The number of carbonyl (C=O) groups excluding carboxylic acids is 10. The number of carboxylic acids is 1. The van der Waals surface area contributed by atoms with Crippen LogP contribution in [0.5, 0.6) is 0 Å². The van der Waals surface area contributed by atoms with Gasteiger partial charge in [-0.15, -0.1) is 0 Å². The summed E-state index contributed by atoms with van der Waals surface area (Å²) in [4.78, 5) is 156. The highest BCUT2D eigenvalue weighted by Gasteiger charge is 2.25. The number of anilines is 7. The zero-order chi connectivity index (χ0) is 70.6. The van der Waals surface area contributed by atoms with E-state index in [1.54, 1.807) is 96.2 Å². The zero-order valence-corrected chi connectivity index (χ0v) is 54.8. The fraction of sp³-hybridized carbons (Fsp3) is 0.281. The highest BCUT2D eigenvalue weighted by molar-refractivity contribution is 6.10. The van der Waals surface area contributed by atoms with Crippen LogP contribution >= 0.6 is 0 Å². The fourth-order valence-electron chi connectivity index (χ4n) is 10.4. The van der Waals surface area contributed by atoms with E-state index in [1.165, 1.54) is 107 Å². The summed E-state index contributed by atoms with van der Waals surface area (Å²) in [7, 11) is 12.9. The number of imidazole rings is 3. The number of aromatic carboxylic acids is 1. The lowest BCUT2D eigenvalue weighted by molar-refractivity contribution is -0.117. The lowest BCUT2D eigenvalue weighted by Gasteiger charge is -2.12. The van der Waals surface area contributed by atoms with E-state index < -0.39 is 59.3 Å². The molecular weight excluding hydrogens is 1270 g/mol. The van der Waals surface area contributed by atoms with Crippen molar-refractivity contribution in [1.82, 2.24) is 67.4 Å². The van der Waals surface area contributed by atoms with Crippen molar-refractivity contribution in [3.63, 3.8) is 0 Å². The fourth-order valence-corrected chi connectivity index (χ4v) is 10.4. The van der Waals surface area contributed by atoms with Gasteiger partial charge in [-0.1, -0.05) is 25.3 Å². The molecule has 10 amide bonds. The molecule has 0 bridgehead atoms. The minimum absolute atomic E-state index is 0.00144. The topological polar surface area (TPSA) is 432 Å². The quantitative estimate of drug-likeness (QED) is 0.0295. The molecular formula is C64H74N22O12. The van der Waals surface area contributed by atoms with Crippen LogP contribution in [-0.4, -0.2) is 147 Å². The number of hydrogen-bond acceptors (Lipinski definition) is 15. The monoisotopic (exact) mass is 1340 g/mol. The number of nitrogens with zero attached hydrogens (tertiary/aromatic N) is 11.